The fraction of sp³-hybridized carbons (Fsp3) is 0.414. The van der Waals surface area contributed by atoms with Crippen LogP contribution in [0.3, 0.4) is 0 Å². The van der Waals surface area contributed by atoms with Crippen molar-refractivity contribution in [1.82, 2.24) is 9.47 Å². The third kappa shape index (κ3) is 8.24. The fourth-order valence-electron chi connectivity index (χ4n) is 4.52. The van der Waals surface area contributed by atoms with Crippen LogP contribution in [0.25, 0.3) is 0 Å². The first-order valence-corrected chi connectivity index (χ1v) is 13.5. The molecule has 1 N–H and O–H groups in total. The normalized spacial score (nSPS) is 18.4. The summed E-state index contributed by atoms with van der Waals surface area (Å²) in [5.41, 5.74) is 1.42. The first-order valence-electron chi connectivity index (χ1n) is 12.7. The average molecular weight is 546 g/mol. The van der Waals surface area contributed by atoms with E-state index in [9.17, 15) is 9.90 Å². The molecule has 2 aromatic carbocycles. The van der Waals surface area contributed by atoms with Gasteiger partial charge >= 0.3 is 0 Å². The van der Waals surface area contributed by atoms with Crippen molar-refractivity contribution in [1.29, 1.82) is 0 Å². The van der Waals surface area contributed by atoms with Gasteiger partial charge in [-0.15, -0.1) is 0 Å². The molecule has 37 heavy (non-hydrogen) atoms. The number of aliphatic hydroxyl groups is 1. The van der Waals surface area contributed by atoms with Crippen LogP contribution < -0.4 is 15.0 Å². The molecule has 0 aliphatic carbocycles. The first-order chi connectivity index (χ1) is 17.8. The van der Waals surface area contributed by atoms with Crippen molar-refractivity contribution < 1.29 is 14.6 Å². The van der Waals surface area contributed by atoms with Gasteiger partial charge in [0.05, 0.1) is 22.3 Å². The molecule has 1 atom stereocenters. The van der Waals surface area contributed by atoms with Crippen molar-refractivity contribution in [3.8, 4) is 11.5 Å². The molecule has 4 rings (SSSR count). The number of aryl methyl sites for hydroxylation is 2. The van der Waals surface area contributed by atoms with Crippen LogP contribution in [0, 0.1) is 6.92 Å². The number of nitrogens with zero attached hydrogens (tertiary/aromatic N) is 2. The minimum atomic E-state index is -0.873. The Morgan fingerprint density at radius 1 is 0.946 bits per heavy atom. The number of ether oxygens (including phenoxy) is 2. The van der Waals surface area contributed by atoms with Gasteiger partial charge in [0.15, 0.2) is 0 Å². The van der Waals surface area contributed by atoms with Gasteiger partial charge in [0, 0.05) is 38.0 Å². The number of benzene rings is 2. The minimum Gasteiger partial charge on any atom is -0.494 e. The second kappa shape index (κ2) is 12.8. The highest BCUT2D eigenvalue weighted by atomic mass is 35.5. The highest BCUT2D eigenvalue weighted by Crippen LogP contribution is 2.29. The van der Waals surface area contributed by atoms with Crippen LogP contribution in [0.1, 0.15) is 36.8 Å². The van der Waals surface area contributed by atoms with Gasteiger partial charge in [0.2, 0.25) is 0 Å². The van der Waals surface area contributed by atoms with E-state index in [-0.39, 0.29) is 12.2 Å². The van der Waals surface area contributed by atoms with Crippen molar-refractivity contribution >= 4 is 23.2 Å². The Morgan fingerprint density at radius 2 is 1.73 bits per heavy atom. The molecular formula is C29H34Cl2N2O4. The molecular weight excluding hydrogens is 511 g/mol. The van der Waals surface area contributed by atoms with Gasteiger partial charge in [-0.1, -0.05) is 41.4 Å². The molecule has 0 amide bonds. The Hall–Kier alpha value is -2.51. The minimum absolute atomic E-state index is 0.0147. The predicted octanol–water partition coefficient (Wildman–Crippen LogP) is 5.73. The van der Waals surface area contributed by atoms with Crippen LogP contribution >= 0.6 is 23.2 Å². The van der Waals surface area contributed by atoms with Crippen molar-refractivity contribution in [3.05, 3.63) is 92.3 Å². The lowest BCUT2D eigenvalue weighted by molar-refractivity contribution is -0.0168. The standard InChI is InChI=1S/C29H34Cl2N2O4/c1-22-4-11-28(34)33(19-22)15-3-17-36-24-7-5-23(6-8-24)20-32-14-2-12-29(35,13-16-32)21-37-25-9-10-26(30)27(31)18-25/h4-11,18-19,35H,2-3,12-17,20-21H2,1H3/t29-/m0/s1. The van der Waals surface area contributed by atoms with Crippen LogP contribution in [-0.4, -0.2) is 46.5 Å². The second-order valence-electron chi connectivity index (χ2n) is 9.80. The van der Waals surface area contributed by atoms with E-state index >= 15 is 0 Å². The van der Waals surface area contributed by atoms with Gasteiger partial charge < -0.3 is 19.1 Å². The van der Waals surface area contributed by atoms with Gasteiger partial charge in [-0.2, -0.15) is 0 Å². The zero-order valence-corrected chi connectivity index (χ0v) is 22.7. The van der Waals surface area contributed by atoms with E-state index in [1.807, 2.05) is 31.3 Å². The van der Waals surface area contributed by atoms with E-state index in [1.54, 1.807) is 28.8 Å². The van der Waals surface area contributed by atoms with Crippen LogP contribution in [0.5, 0.6) is 11.5 Å². The summed E-state index contributed by atoms with van der Waals surface area (Å²) >= 11 is 12.0. The van der Waals surface area contributed by atoms with Crippen LogP contribution in [0.15, 0.2) is 65.6 Å². The summed E-state index contributed by atoms with van der Waals surface area (Å²) in [6.07, 6.45) is 4.86. The van der Waals surface area contributed by atoms with E-state index in [1.165, 1.54) is 5.56 Å². The molecule has 1 fully saturated rings. The maximum Gasteiger partial charge on any atom is 0.250 e. The number of pyridine rings is 1. The number of hydrogen-bond donors (Lipinski definition) is 1. The highest BCUT2D eigenvalue weighted by Gasteiger charge is 2.31. The number of rotatable bonds is 10. The Kier molecular flexibility index (Phi) is 9.54. The Bertz CT molecular complexity index is 1230. The van der Waals surface area contributed by atoms with Crippen LogP contribution in [0.4, 0.5) is 0 Å². The molecule has 6 nitrogen and oxygen atoms in total. The molecule has 198 valence electrons. The average Bonchev–Trinajstić information content (AvgIpc) is 3.07. The largest absolute Gasteiger partial charge is 0.494 e. The first kappa shape index (κ1) is 27.5. The smallest absolute Gasteiger partial charge is 0.250 e. The van der Waals surface area contributed by atoms with E-state index in [0.29, 0.717) is 41.8 Å². The number of hydrogen-bond acceptors (Lipinski definition) is 5. The van der Waals surface area contributed by atoms with E-state index in [0.717, 1.165) is 43.8 Å². The molecule has 1 aromatic heterocycles. The molecule has 1 aliphatic heterocycles. The zero-order chi connectivity index (χ0) is 26.3. The lowest BCUT2D eigenvalue weighted by Crippen LogP contribution is -2.37. The zero-order valence-electron chi connectivity index (χ0n) is 21.2. The van der Waals surface area contributed by atoms with Gasteiger partial charge in [-0.3, -0.25) is 9.69 Å². The van der Waals surface area contributed by atoms with Gasteiger partial charge in [0.25, 0.3) is 5.56 Å². The summed E-state index contributed by atoms with van der Waals surface area (Å²) in [7, 11) is 0. The van der Waals surface area contributed by atoms with Crippen molar-refractivity contribution in [3.63, 3.8) is 0 Å². The lowest BCUT2D eigenvalue weighted by atomic mass is 9.96. The number of halogens is 2. The summed E-state index contributed by atoms with van der Waals surface area (Å²) in [6, 6.07) is 16.7. The molecule has 2 heterocycles. The SMILES string of the molecule is Cc1ccc(=O)n(CCCOc2ccc(CN3CCC[C@@](O)(COc4ccc(Cl)c(Cl)c4)CC3)cc2)c1. The Labute approximate surface area is 228 Å². The summed E-state index contributed by atoms with van der Waals surface area (Å²) in [6.45, 7) is 5.92. The predicted molar refractivity (Wildman–Crippen MR) is 148 cm³/mol. The molecule has 0 saturated carbocycles. The van der Waals surface area contributed by atoms with Crippen LogP contribution in [0.2, 0.25) is 10.0 Å². The molecule has 8 heteroatoms. The second-order valence-corrected chi connectivity index (χ2v) is 10.6. The lowest BCUT2D eigenvalue weighted by Gasteiger charge is -2.27. The molecule has 0 unspecified atom stereocenters. The molecule has 3 aromatic rings. The van der Waals surface area contributed by atoms with Crippen LogP contribution in [-0.2, 0) is 13.1 Å². The monoisotopic (exact) mass is 544 g/mol. The van der Waals surface area contributed by atoms with Gasteiger partial charge in [0.1, 0.15) is 18.1 Å². The summed E-state index contributed by atoms with van der Waals surface area (Å²) in [5, 5.41) is 12.0. The Morgan fingerprint density at radius 3 is 2.51 bits per heavy atom. The molecule has 0 spiro atoms. The topological polar surface area (TPSA) is 63.9 Å². The number of aromatic nitrogens is 1. The Balaban J connectivity index is 1.20. The maximum absolute atomic E-state index is 11.9. The molecule has 1 aliphatic rings. The van der Waals surface area contributed by atoms with E-state index < -0.39 is 5.60 Å². The summed E-state index contributed by atoms with van der Waals surface area (Å²) in [4.78, 5) is 14.3. The van der Waals surface area contributed by atoms with E-state index in [4.69, 9.17) is 32.7 Å². The fourth-order valence-corrected chi connectivity index (χ4v) is 4.81. The molecule has 1 saturated heterocycles. The summed E-state index contributed by atoms with van der Waals surface area (Å²) < 4.78 is 13.4. The molecule has 0 bridgehead atoms. The van der Waals surface area contributed by atoms with E-state index in [2.05, 4.69) is 17.0 Å². The van der Waals surface area contributed by atoms with Gasteiger partial charge in [-0.05, 0) is 74.5 Å². The third-order valence-corrected chi connectivity index (χ3v) is 7.42. The van der Waals surface area contributed by atoms with Crippen molar-refractivity contribution in [2.75, 3.05) is 26.3 Å². The third-order valence-electron chi connectivity index (χ3n) is 6.68. The van der Waals surface area contributed by atoms with Crippen molar-refractivity contribution in [2.45, 2.75) is 51.3 Å². The number of likely N-dealkylation sites (tertiary alicyclic amines) is 1. The quantitative estimate of drug-likeness (QED) is 0.330. The maximum atomic E-state index is 11.9. The summed E-state index contributed by atoms with van der Waals surface area (Å²) in [5.74, 6) is 1.43. The molecule has 0 radical (unpaired) electrons. The van der Waals surface area contributed by atoms with Crippen molar-refractivity contribution in [2.24, 2.45) is 0 Å². The highest BCUT2D eigenvalue weighted by molar-refractivity contribution is 6.42. The van der Waals surface area contributed by atoms with Gasteiger partial charge in [-0.25, -0.2) is 0 Å².